The van der Waals surface area contributed by atoms with Crippen LogP contribution in [0.4, 0.5) is 0 Å². The van der Waals surface area contributed by atoms with Gasteiger partial charge >= 0.3 is 0 Å². The Morgan fingerprint density at radius 2 is 2.00 bits per heavy atom. The molecule has 1 aromatic carbocycles. The van der Waals surface area contributed by atoms with Crippen LogP contribution in [0.3, 0.4) is 0 Å². The Morgan fingerprint density at radius 1 is 1.31 bits per heavy atom. The molecule has 0 bridgehead atoms. The van der Waals surface area contributed by atoms with Crippen LogP contribution in [0.1, 0.15) is 29.5 Å². The summed E-state index contributed by atoms with van der Waals surface area (Å²) in [4.78, 5) is 0. The monoisotopic (exact) mass is 285 g/mol. The smallest absolute Gasteiger partial charge is 0.136 e. The third-order valence-electron chi connectivity index (χ3n) is 2.96. The van der Waals surface area contributed by atoms with Crippen molar-refractivity contribution < 1.29 is 4.74 Å². The van der Waals surface area contributed by atoms with Gasteiger partial charge in [0.15, 0.2) is 0 Å². The van der Waals surface area contributed by atoms with Crippen LogP contribution in [0.15, 0.2) is 10.5 Å². The van der Waals surface area contributed by atoms with Crippen LogP contribution in [0.5, 0.6) is 5.75 Å². The molecule has 2 nitrogen and oxygen atoms in total. The highest BCUT2D eigenvalue weighted by Crippen LogP contribution is 2.34. The van der Waals surface area contributed by atoms with Crippen LogP contribution >= 0.6 is 15.9 Å². The van der Waals surface area contributed by atoms with E-state index >= 15 is 0 Å². The highest BCUT2D eigenvalue weighted by molar-refractivity contribution is 9.10. The predicted molar refractivity (Wildman–Crippen MR) is 72.2 cm³/mol. The number of unbranched alkanes of at least 4 members (excludes halogenated alkanes) is 1. The van der Waals surface area contributed by atoms with Crippen molar-refractivity contribution in [2.45, 2.75) is 33.1 Å². The molecule has 2 N–H and O–H groups in total. The number of aryl methyl sites for hydroxylation is 1. The maximum Gasteiger partial charge on any atom is 0.136 e. The second-order valence-electron chi connectivity index (χ2n) is 4.06. The highest BCUT2D eigenvalue weighted by atomic mass is 79.9. The van der Waals surface area contributed by atoms with Crippen molar-refractivity contribution in [2.24, 2.45) is 5.73 Å². The van der Waals surface area contributed by atoms with Gasteiger partial charge in [-0.1, -0.05) is 0 Å². The van der Waals surface area contributed by atoms with Crippen molar-refractivity contribution in [3.63, 3.8) is 0 Å². The zero-order valence-corrected chi connectivity index (χ0v) is 11.9. The lowest BCUT2D eigenvalue weighted by Gasteiger charge is -2.15. The lowest BCUT2D eigenvalue weighted by atomic mass is 9.98. The van der Waals surface area contributed by atoms with Gasteiger partial charge < -0.3 is 10.5 Å². The molecule has 0 amide bonds. The zero-order chi connectivity index (χ0) is 12.1. The first kappa shape index (κ1) is 13.5. The van der Waals surface area contributed by atoms with Gasteiger partial charge in [-0.3, -0.25) is 0 Å². The fourth-order valence-electron chi connectivity index (χ4n) is 1.88. The number of hydrogen-bond acceptors (Lipinski definition) is 2. The van der Waals surface area contributed by atoms with E-state index in [0.29, 0.717) is 0 Å². The van der Waals surface area contributed by atoms with E-state index in [-0.39, 0.29) is 0 Å². The van der Waals surface area contributed by atoms with Crippen molar-refractivity contribution in [1.29, 1.82) is 0 Å². The fourth-order valence-corrected chi connectivity index (χ4v) is 2.63. The van der Waals surface area contributed by atoms with Gasteiger partial charge in [0, 0.05) is 0 Å². The minimum Gasteiger partial charge on any atom is -0.495 e. The molecular weight excluding hydrogens is 266 g/mol. The van der Waals surface area contributed by atoms with E-state index in [1.165, 1.54) is 16.7 Å². The van der Waals surface area contributed by atoms with Crippen LogP contribution in [0.25, 0.3) is 0 Å². The Hall–Kier alpha value is -0.540. The van der Waals surface area contributed by atoms with Gasteiger partial charge in [0.1, 0.15) is 5.75 Å². The van der Waals surface area contributed by atoms with E-state index in [1.54, 1.807) is 7.11 Å². The number of hydrogen-bond donors (Lipinski definition) is 1. The molecule has 1 rings (SSSR count). The normalized spacial score (nSPS) is 10.6. The van der Waals surface area contributed by atoms with Crippen LogP contribution in [0, 0.1) is 13.8 Å². The molecule has 1 aromatic rings. The third kappa shape index (κ3) is 2.98. The number of rotatable bonds is 5. The molecule has 0 aliphatic carbocycles. The van der Waals surface area contributed by atoms with E-state index in [1.807, 2.05) is 0 Å². The zero-order valence-electron chi connectivity index (χ0n) is 10.3. The highest BCUT2D eigenvalue weighted by Gasteiger charge is 2.12. The number of benzene rings is 1. The molecule has 0 unspecified atom stereocenters. The van der Waals surface area contributed by atoms with Gasteiger partial charge in [0.2, 0.25) is 0 Å². The molecule has 0 spiro atoms. The van der Waals surface area contributed by atoms with Gasteiger partial charge in [-0.05, 0) is 78.3 Å². The summed E-state index contributed by atoms with van der Waals surface area (Å²) in [5.74, 6) is 0.972. The van der Waals surface area contributed by atoms with Crippen LogP contribution < -0.4 is 10.5 Å². The van der Waals surface area contributed by atoms with Crippen molar-refractivity contribution in [2.75, 3.05) is 13.7 Å². The van der Waals surface area contributed by atoms with E-state index in [2.05, 4.69) is 35.8 Å². The fraction of sp³-hybridized carbons (Fsp3) is 0.538. The Labute approximate surface area is 106 Å². The van der Waals surface area contributed by atoms with Crippen molar-refractivity contribution in [1.82, 2.24) is 0 Å². The van der Waals surface area contributed by atoms with Crippen molar-refractivity contribution >= 4 is 15.9 Å². The first-order valence-corrected chi connectivity index (χ1v) is 6.43. The molecule has 0 heterocycles. The number of methoxy groups -OCH3 is 1. The summed E-state index contributed by atoms with van der Waals surface area (Å²) in [6.45, 7) is 5.04. The second-order valence-corrected chi connectivity index (χ2v) is 4.91. The molecule has 3 heteroatoms. The average Bonchev–Trinajstić information content (AvgIpc) is 2.25. The lowest BCUT2D eigenvalue weighted by Crippen LogP contribution is -2.02. The molecule has 0 aliphatic heterocycles. The minimum atomic E-state index is 0.758. The van der Waals surface area contributed by atoms with Gasteiger partial charge in [-0.25, -0.2) is 0 Å². The van der Waals surface area contributed by atoms with E-state index in [9.17, 15) is 0 Å². The summed E-state index contributed by atoms with van der Waals surface area (Å²) in [5, 5.41) is 0. The standard InChI is InChI=1S/C13H20BrNO/c1-9-8-12(14)13(16-3)11(10(9)2)6-4-5-7-15/h8H,4-7,15H2,1-3H3. The minimum absolute atomic E-state index is 0.758. The Morgan fingerprint density at radius 3 is 2.56 bits per heavy atom. The van der Waals surface area contributed by atoms with E-state index in [4.69, 9.17) is 10.5 Å². The lowest BCUT2D eigenvalue weighted by molar-refractivity contribution is 0.405. The number of nitrogens with two attached hydrogens (primary N) is 1. The first-order chi connectivity index (χ1) is 7.61. The first-order valence-electron chi connectivity index (χ1n) is 5.64. The summed E-state index contributed by atoms with van der Waals surface area (Å²) in [7, 11) is 1.72. The molecule has 16 heavy (non-hydrogen) atoms. The average molecular weight is 286 g/mol. The molecule has 0 fully saturated rings. The summed E-state index contributed by atoms with van der Waals surface area (Å²) in [6.07, 6.45) is 3.21. The maximum atomic E-state index is 5.52. The molecule has 0 radical (unpaired) electrons. The Bertz CT molecular complexity index is 363. The van der Waals surface area contributed by atoms with Gasteiger partial charge in [-0.15, -0.1) is 0 Å². The quantitative estimate of drug-likeness (QED) is 0.842. The van der Waals surface area contributed by atoms with E-state index < -0.39 is 0 Å². The summed E-state index contributed by atoms with van der Waals surface area (Å²) in [5.41, 5.74) is 9.46. The molecule has 0 saturated heterocycles. The maximum absolute atomic E-state index is 5.52. The van der Waals surface area contributed by atoms with E-state index in [0.717, 1.165) is 36.0 Å². The molecule has 0 aromatic heterocycles. The number of halogens is 1. The SMILES string of the molecule is COc1c(Br)cc(C)c(C)c1CCCCN. The van der Waals surface area contributed by atoms with Gasteiger partial charge in [-0.2, -0.15) is 0 Å². The molecule has 90 valence electrons. The predicted octanol–water partition coefficient (Wildman–Crippen LogP) is 3.36. The second kappa shape index (κ2) is 6.26. The van der Waals surface area contributed by atoms with Gasteiger partial charge in [0.05, 0.1) is 11.6 Å². The Kier molecular flexibility index (Phi) is 5.29. The summed E-state index contributed by atoms with van der Waals surface area (Å²) >= 11 is 3.55. The van der Waals surface area contributed by atoms with Crippen molar-refractivity contribution in [3.8, 4) is 5.75 Å². The van der Waals surface area contributed by atoms with Crippen LogP contribution in [0.2, 0.25) is 0 Å². The Balaban J connectivity index is 3.02. The largest absolute Gasteiger partial charge is 0.495 e. The van der Waals surface area contributed by atoms with Crippen LogP contribution in [-0.2, 0) is 6.42 Å². The molecule has 0 aliphatic rings. The topological polar surface area (TPSA) is 35.2 Å². The third-order valence-corrected chi connectivity index (χ3v) is 3.55. The molecule has 0 atom stereocenters. The van der Waals surface area contributed by atoms with Crippen molar-refractivity contribution in [3.05, 3.63) is 27.2 Å². The summed E-state index contributed by atoms with van der Waals surface area (Å²) in [6, 6.07) is 2.11. The van der Waals surface area contributed by atoms with Gasteiger partial charge in [0.25, 0.3) is 0 Å². The number of ether oxygens (including phenoxy) is 1. The van der Waals surface area contributed by atoms with Crippen LogP contribution in [-0.4, -0.2) is 13.7 Å². The summed E-state index contributed by atoms with van der Waals surface area (Å²) < 4.78 is 6.51. The molecular formula is C13H20BrNO. The molecule has 0 saturated carbocycles.